The molecule has 1 fully saturated rings. The standard InChI is InChI=1S/C16H22ClN3O3/c1-23-10-8-18-11-15(21)19-13-6-4-9-20(16(13)22)14-7-3-2-5-12(14)17/h2-3,5,7,13,18H,4,6,8-11H2,1H3,(H,19,21). The number of halogens is 1. The van der Waals surface area contributed by atoms with E-state index in [2.05, 4.69) is 10.6 Å². The summed E-state index contributed by atoms with van der Waals surface area (Å²) in [5, 5.41) is 6.28. The Morgan fingerprint density at radius 3 is 2.96 bits per heavy atom. The highest BCUT2D eigenvalue weighted by atomic mass is 35.5. The van der Waals surface area contributed by atoms with Gasteiger partial charge >= 0.3 is 0 Å². The van der Waals surface area contributed by atoms with E-state index in [4.69, 9.17) is 16.3 Å². The molecule has 0 aliphatic carbocycles. The Hall–Kier alpha value is -1.63. The fourth-order valence-electron chi connectivity index (χ4n) is 2.54. The number of nitrogens with zero attached hydrogens (tertiary/aromatic N) is 1. The Balaban J connectivity index is 1.92. The Bertz CT molecular complexity index is 553. The molecule has 1 aromatic carbocycles. The van der Waals surface area contributed by atoms with Crippen LogP contribution in [0.2, 0.25) is 5.02 Å². The van der Waals surface area contributed by atoms with Crippen LogP contribution in [0.1, 0.15) is 12.8 Å². The first-order valence-corrected chi connectivity index (χ1v) is 8.06. The van der Waals surface area contributed by atoms with Crippen molar-refractivity contribution in [3.05, 3.63) is 29.3 Å². The molecule has 2 rings (SSSR count). The molecular formula is C16H22ClN3O3. The molecule has 1 unspecified atom stereocenters. The molecule has 7 heteroatoms. The second-order valence-corrected chi connectivity index (χ2v) is 5.78. The predicted octanol–water partition coefficient (Wildman–Crippen LogP) is 1.19. The van der Waals surface area contributed by atoms with Crippen molar-refractivity contribution in [2.45, 2.75) is 18.9 Å². The normalized spacial score (nSPS) is 18.1. The molecule has 1 heterocycles. The number of methoxy groups -OCH3 is 1. The van der Waals surface area contributed by atoms with Gasteiger partial charge in [-0.1, -0.05) is 23.7 Å². The maximum atomic E-state index is 12.6. The summed E-state index contributed by atoms with van der Waals surface area (Å²) in [4.78, 5) is 26.2. The van der Waals surface area contributed by atoms with E-state index in [-0.39, 0.29) is 18.4 Å². The molecule has 0 radical (unpaired) electrons. The predicted molar refractivity (Wildman–Crippen MR) is 89.7 cm³/mol. The highest BCUT2D eigenvalue weighted by Crippen LogP contribution is 2.28. The number of nitrogens with one attached hydrogen (secondary N) is 2. The van der Waals surface area contributed by atoms with Crippen LogP contribution >= 0.6 is 11.6 Å². The lowest BCUT2D eigenvalue weighted by atomic mass is 10.0. The molecule has 2 amide bonds. The number of piperidine rings is 1. The summed E-state index contributed by atoms with van der Waals surface area (Å²) >= 11 is 6.17. The Morgan fingerprint density at radius 2 is 2.22 bits per heavy atom. The van der Waals surface area contributed by atoms with Gasteiger partial charge in [0, 0.05) is 20.2 Å². The smallest absolute Gasteiger partial charge is 0.249 e. The van der Waals surface area contributed by atoms with Crippen molar-refractivity contribution < 1.29 is 14.3 Å². The van der Waals surface area contributed by atoms with E-state index >= 15 is 0 Å². The van der Waals surface area contributed by atoms with Gasteiger partial charge in [-0.15, -0.1) is 0 Å². The van der Waals surface area contributed by atoms with Crippen LogP contribution in [0.5, 0.6) is 0 Å². The Labute approximate surface area is 141 Å². The molecule has 1 atom stereocenters. The van der Waals surface area contributed by atoms with Crippen molar-refractivity contribution in [1.29, 1.82) is 0 Å². The minimum absolute atomic E-state index is 0.116. The molecule has 1 aliphatic rings. The molecule has 1 aliphatic heterocycles. The molecular weight excluding hydrogens is 318 g/mol. The highest BCUT2D eigenvalue weighted by Gasteiger charge is 2.31. The first-order valence-electron chi connectivity index (χ1n) is 7.68. The van der Waals surface area contributed by atoms with E-state index in [1.54, 1.807) is 18.1 Å². The van der Waals surface area contributed by atoms with Gasteiger partial charge in [-0.25, -0.2) is 0 Å². The summed E-state index contributed by atoms with van der Waals surface area (Å²) < 4.78 is 4.90. The van der Waals surface area contributed by atoms with Crippen molar-refractivity contribution in [2.75, 3.05) is 38.3 Å². The van der Waals surface area contributed by atoms with Gasteiger partial charge in [-0.05, 0) is 25.0 Å². The van der Waals surface area contributed by atoms with Gasteiger partial charge in [0.1, 0.15) is 6.04 Å². The molecule has 0 bridgehead atoms. The van der Waals surface area contributed by atoms with Crippen LogP contribution in [-0.4, -0.2) is 51.2 Å². The summed E-state index contributed by atoms with van der Waals surface area (Å²) in [6.07, 6.45) is 1.46. The molecule has 0 spiro atoms. The van der Waals surface area contributed by atoms with E-state index in [1.165, 1.54) is 0 Å². The molecule has 126 valence electrons. The number of rotatable bonds is 7. The molecule has 6 nitrogen and oxygen atoms in total. The largest absolute Gasteiger partial charge is 0.383 e. The second-order valence-electron chi connectivity index (χ2n) is 5.37. The third kappa shape index (κ3) is 4.92. The van der Waals surface area contributed by atoms with Gasteiger partial charge < -0.3 is 20.3 Å². The Kier molecular flexibility index (Phi) is 6.83. The zero-order chi connectivity index (χ0) is 16.7. The van der Waals surface area contributed by atoms with Crippen molar-refractivity contribution >= 4 is 29.1 Å². The molecule has 23 heavy (non-hydrogen) atoms. The summed E-state index contributed by atoms with van der Waals surface area (Å²) in [7, 11) is 1.60. The zero-order valence-electron chi connectivity index (χ0n) is 13.2. The lowest BCUT2D eigenvalue weighted by Gasteiger charge is -2.33. The number of amides is 2. The lowest BCUT2D eigenvalue weighted by molar-refractivity contribution is -0.128. The van der Waals surface area contributed by atoms with E-state index in [9.17, 15) is 9.59 Å². The number of carbonyl (C=O) groups excluding carboxylic acids is 2. The van der Waals surface area contributed by atoms with E-state index in [1.807, 2.05) is 18.2 Å². The maximum absolute atomic E-state index is 12.6. The number of hydrogen-bond donors (Lipinski definition) is 2. The molecule has 0 aromatic heterocycles. The summed E-state index contributed by atoms with van der Waals surface area (Å²) in [6.45, 7) is 1.91. The number of para-hydroxylation sites is 1. The van der Waals surface area contributed by atoms with E-state index in [0.29, 0.717) is 36.8 Å². The SMILES string of the molecule is COCCNCC(=O)NC1CCCN(c2ccccc2Cl)C1=O. The topological polar surface area (TPSA) is 70.7 Å². The van der Waals surface area contributed by atoms with Gasteiger partial charge in [0.15, 0.2) is 0 Å². The Morgan fingerprint density at radius 1 is 1.43 bits per heavy atom. The van der Waals surface area contributed by atoms with Crippen LogP contribution in [0.3, 0.4) is 0 Å². The monoisotopic (exact) mass is 339 g/mol. The van der Waals surface area contributed by atoms with Gasteiger partial charge in [-0.2, -0.15) is 0 Å². The average Bonchev–Trinajstić information content (AvgIpc) is 2.54. The van der Waals surface area contributed by atoms with Gasteiger partial charge in [-0.3, -0.25) is 9.59 Å². The fourth-order valence-corrected chi connectivity index (χ4v) is 2.78. The van der Waals surface area contributed by atoms with Crippen molar-refractivity contribution in [3.63, 3.8) is 0 Å². The summed E-state index contributed by atoms with van der Waals surface area (Å²) in [5.41, 5.74) is 0.691. The maximum Gasteiger partial charge on any atom is 0.249 e. The average molecular weight is 340 g/mol. The summed E-state index contributed by atoms with van der Waals surface area (Å²) in [5.74, 6) is -0.310. The minimum atomic E-state index is -0.503. The van der Waals surface area contributed by atoms with Crippen LogP contribution in [0.4, 0.5) is 5.69 Å². The number of anilines is 1. The molecule has 2 N–H and O–H groups in total. The first kappa shape index (κ1) is 17.7. The van der Waals surface area contributed by atoms with E-state index < -0.39 is 6.04 Å². The minimum Gasteiger partial charge on any atom is -0.383 e. The van der Waals surface area contributed by atoms with E-state index in [0.717, 1.165) is 6.42 Å². The highest BCUT2D eigenvalue weighted by molar-refractivity contribution is 6.33. The van der Waals surface area contributed by atoms with Crippen molar-refractivity contribution in [2.24, 2.45) is 0 Å². The van der Waals surface area contributed by atoms with Crippen LogP contribution in [-0.2, 0) is 14.3 Å². The lowest BCUT2D eigenvalue weighted by Crippen LogP contribution is -2.54. The van der Waals surface area contributed by atoms with Crippen LogP contribution < -0.4 is 15.5 Å². The van der Waals surface area contributed by atoms with Gasteiger partial charge in [0.25, 0.3) is 0 Å². The fraction of sp³-hybridized carbons (Fsp3) is 0.500. The molecule has 0 saturated carbocycles. The van der Waals surface area contributed by atoms with Gasteiger partial charge in [0.05, 0.1) is 23.9 Å². The van der Waals surface area contributed by atoms with Crippen LogP contribution in [0.15, 0.2) is 24.3 Å². The quantitative estimate of drug-likeness (QED) is 0.732. The zero-order valence-corrected chi connectivity index (χ0v) is 13.9. The molecule has 1 aromatic rings. The number of carbonyl (C=O) groups is 2. The number of benzene rings is 1. The molecule has 1 saturated heterocycles. The van der Waals surface area contributed by atoms with Crippen LogP contribution in [0.25, 0.3) is 0 Å². The van der Waals surface area contributed by atoms with Crippen molar-refractivity contribution in [3.8, 4) is 0 Å². The van der Waals surface area contributed by atoms with Crippen LogP contribution in [0, 0.1) is 0 Å². The second kappa shape index (κ2) is 8.86. The first-order chi connectivity index (χ1) is 11.1. The summed E-state index contributed by atoms with van der Waals surface area (Å²) in [6, 6.07) is 6.74. The van der Waals surface area contributed by atoms with Gasteiger partial charge in [0.2, 0.25) is 11.8 Å². The van der Waals surface area contributed by atoms with Crippen molar-refractivity contribution in [1.82, 2.24) is 10.6 Å². The third-order valence-electron chi connectivity index (χ3n) is 3.69. The third-order valence-corrected chi connectivity index (χ3v) is 4.01. The number of hydrogen-bond acceptors (Lipinski definition) is 4. The number of ether oxygens (including phenoxy) is 1.